The average Bonchev–Trinajstić information content (AvgIpc) is 2.45. The van der Waals surface area contributed by atoms with Crippen LogP contribution in [0.25, 0.3) is 0 Å². The molecule has 4 nitrogen and oxygen atoms in total. The van der Waals surface area contributed by atoms with Crippen LogP contribution in [0.15, 0.2) is 0 Å². The minimum Gasteiger partial charge on any atom is -0.381 e. The molecule has 82 valence electrons. The first-order valence-electron chi connectivity index (χ1n) is 5.29. The Kier molecular flexibility index (Phi) is 4.90. The number of nitrogens with one attached hydrogen (secondary N) is 2. The summed E-state index contributed by atoms with van der Waals surface area (Å²) in [5, 5.41) is 5.95. The van der Waals surface area contributed by atoms with Gasteiger partial charge in [0.25, 0.3) is 0 Å². The van der Waals surface area contributed by atoms with Gasteiger partial charge in [-0.05, 0) is 26.2 Å². The van der Waals surface area contributed by atoms with E-state index in [1.54, 1.807) is 7.05 Å². The number of hydrogen-bond donors (Lipinski definition) is 2. The van der Waals surface area contributed by atoms with Gasteiger partial charge in [-0.3, -0.25) is 4.79 Å². The molecule has 14 heavy (non-hydrogen) atoms. The van der Waals surface area contributed by atoms with Gasteiger partial charge in [-0.1, -0.05) is 0 Å². The molecule has 0 aromatic rings. The zero-order chi connectivity index (χ0) is 10.4. The maximum Gasteiger partial charge on any atom is 0.236 e. The van der Waals surface area contributed by atoms with Gasteiger partial charge in [0.2, 0.25) is 5.91 Å². The van der Waals surface area contributed by atoms with E-state index >= 15 is 0 Å². The molecular weight excluding hydrogens is 180 g/mol. The fourth-order valence-electron chi connectivity index (χ4n) is 1.72. The van der Waals surface area contributed by atoms with Crippen LogP contribution in [0.3, 0.4) is 0 Å². The molecule has 2 unspecified atom stereocenters. The van der Waals surface area contributed by atoms with E-state index in [4.69, 9.17) is 4.74 Å². The zero-order valence-corrected chi connectivity index (χ0v) is 9.01. The highest BCUT2D eigenvalue weighted by Gasteiger charge is 2.17. The lowest BCUT2D eigenvalue weighted by atomic mass is 10.1. The van der Waals surface area contributed by atoms with E-state index in [-0.39, 0.29) is 11.9 Å². The highest BCUT2D eigenvalue weighted by Crippen LogP contribution is 2.08. The third-order valence-corrected chi connectivity index (χ3v) is 2.58. The van der Waals surface area contributed by atoms with Crippen LogP contribution in [0.1, 0.15) is 26.2 Å². The van der Waals surface area contributed by atoms with Gasteiger partial charge in [0.15, 0.2) is 0 Å². The SMILES string of the molecule is CNC(=O)C(C)NC1CCCOCC1. The van der Waals surface area contributed by atoms with Crippen molar-refractivity contribution in [3.8, 4) is 0 Å². The highest BCUT2D eigenvalue weighted by atomic mass is 16.5. The second-order valence-corrected chi connectivity index (χ2v) is 3.74. The molecule has 4 heteroatoms. The molecule has 0 aliphatic carbocycles. The monoisotopic (exact) mass is 200 g/mol. The molecule has 1 amide bonds. The van der Waals surface area contributed by atoms with E-state index in [0.717, 1.165) is 32.5 Å². The first-order valence-corrected chi connectivity index (χ1v) is 5.29. The number of carbonyl (C=O) groups is 1. The molecule has 0 aromatic heterocycles. The number of ether oxygens (including phenoxy) is 1. The van der Waals surface area contributed by atoms with E-state index in [9.17, 15) is 4.79 Å². The molecule has 1 aliphatic rings. The first kappa shape index (κ1) is 11.5. The normalized spacial score (nSPS) is 25.1. The number of hydrogen-bond acceptors (Lipinski definition) is 3. The number of rotatable bonds is 3. The number of likely N-dealkylation sites (N-methyl/N-ethyl adjacent to an activating group) is 1. The standard InChI is InChI=1S/C10H20N2O2/c1-8(10(13)11-2)12-9-4-3-6-14-7-5-9/h8-9,12H,3-7H2,1-2H3,(H,11,13). The Balaban J connectivity index is 2.30. The summed E-state index contributed by atoms with van der Waals surface area (Å²) in [4.78, 5) is 11.3. The summed E-state index contributed by atoms with van der Waals surface area (Å²) in [7, 11) is 1.66. The minimum absolute atomic E-state index is 0.0511. The summed E-state index contributed by atoms with van der Waals surface area (Å²) >= 11 is 0. The average molecular weight is 200 g/mol. The Bertz CT molecular complexity index is 177. The van der Waals surface area contributed by atoms with Crippen LogP contribution in [0, 0.1) is 0 Å². The topological polar surface area (TPSA) is 50.4 Å². The molecule has 2 atom stereocenters. The van der Waals surface area contributed by atoms with Crippen LogP contribution in [-0.2, 0) is 9.53 Å². The molecule has 0 bridgehead atoms. The lowest BCUT2D eigenvalue weighted by Gasteiger charge is -2.20. The summed E-state index contributed by atoms with van der Waals surface area (Å²) in [5.41, 5.74) is 0. The predicted molar refractivity (Wildman–Crippen MR) is 55.1 cm³/mol. The molecule has 1 saturated heterocycles. The molecule has 1 fully saturated rings. The van der Waals surface area contributed by atoms with Crippen molar-refractivity contribution in [2.24, 2.45) is 0 Å². The van der Waals surface area contributed by atoms with E-state index < -0.39 is 0 Å². The van der Waals surface area contributed by atoms with Crippen LogP contribution in [0.4, 0.5) is 0 Å². The molecule has 0 aromatic carbocycles. The fraction of sp³-hybridized carbons (Fsp3) is 0.900. The molecular formula is C10H20N2O2. The van der Waals surface area contributed by atoms with Crippen molar-refractivity contribution in [2.45, 2.75) is 38.3 Å². The number of amides is 1. The fourth-order valence-corrected chi connectivity index (χ4v) is 1.72. The molecule has 1 rings (SSSR count). The van der Waals surface area contributed by atoms with Crippen molar-refractivity contribution >= 4 is 5.91 Å². The second-order valence-electron chi connectivity index (χ2n) is 3.74. The third-order valence-electron chi connectivity index (χ3n) is 2.58. The zero-order valence-electron chi connectivity index (χ0n) is 9.01. The van der Waals surface area contributed by atoms with Crippen LogP contribution in [0.5, 0.6) is 0 Å². The molecule has 1 heterocycles. The third kappa shape index (κ3) is 3.64. The molecule has 0 saturated carbocycles. The highest BCUT2D eigenvalue weighted by molar-refractivity contribution is 5.80. The van der Waals surface area contributed by atoms with Crippen LogP contribution >= 0.6 is 0 Å². The van der Waals surface area contributed by atoms with E-state index in [1.807, 2.05) is 6.92 Å². The van der Waals surface area contributed by atoms with Gasteiger partial charge in [-0.25, -0.2) is 0 Å². The van der Waals surface area contributed by atoms with Gasteiger partial charge in [-0.2, -0.15) is 0 Å². The van der Waals surface area contributed by atoms with E-state index in [2.05, 4.69) is 10.6 Å². The van der Waals surface area contributed by atoms with Crippen LogP contribution in [-0.4, -0.2) is 38.3 Å². The quantitative estimate of drug-likeness (QED) is 0.688. The Hall–Kier alpha value is -0.610. The van der Waals surface area contributed by atoms with Crippen molar-refractivity contribution in [3.05, 3.63) is 0 Å². The van der Waals surface area contributed by atoms with Crippen molar-refractivity contribution in [1.29, 1.82) is 0 Å². The number of carbonyl (C=O) groups excluding carboxylic acids is 1. The minimum atomic E-state index is -0.108. The van der Waals surface area contributed by atoms with Gasteiger partial charge < -0.3 is 15.4 Å². The van der Waals surface area contributed by atoms with Gasteiger partial charge >= 0.3 is 0 Å². The first-order chi connectivity index (χ1) is 6.74. The Labute approximate surface area is 85.4 Å². The summed E-state index contributed by atoms with van der Waals surface area (Å²) < 4.78 is 5.35. The van der Waals surface area contributed by atoms with Gasteiger partial charge in [-0.15, -0.1) is 0 Å². The Morgan fingerprint density at radius 3 is 2.93 bits per heavy atom. The van der Waals surface area contributed by atoms with E-state index in [1.165, 1.54) is 0 Å². The van der Waals surface area contributed by atoms with Crippen molar-refractivity contribution in [1.82, 2.24) is 10.6 Å². The Morgan fingerprint density at radius 2 is 2.21 bits per heavy atom. The lowest BCUT2D eigenvalue weighted by Crippen LogP contribution is -2.45. The summed E-state index contributed by atoms with van der Waals surface area (Å²) in [6, 6.07) is 0.313. The van der Waals surface area contributed by atoms with Crippen molar-refractivity contribution in [2.75, 3.05) is 20.3 Å². The molecule has 0 radical (unpaired) electrons. The maximum absolute atomic E-state index is 11.3. The largest absolute Gasteiger partial charge is 0.381 e. The van der Waals surface area contributed by atoms with Gasteiger partial charge in [0, 0.05) is 26.3 Å². The van der Waals surface area contributed by atoms with Gasteiger partial charge in [0.1, 0.15) is 0 Å². The molecule has 0 spiro atoms. The summed E-state index contributed by atoms with van der Waals surface area (Å²) in [5.74, 6) is 0.0511. The maximum atomic E-state index is 11.3. The summed E-state index contributed by atoms with van der Waals surface area (Å²) in [6.45, 7) is 3.55. The van der Waals surface area contributed by atoms with Crippen LogP contribution < -0.4 is 10.6 Å². The molecule has 1 aliphatic heterocycles. The van der Waals surface area contributed by atoms with E-state index in [0.29, 0.717) is 6.04 Å². The summed E-state index contributed by atoms with van der Waals surface area (Å²) in [6.07, 6.45) is 3.18. The Morgan fingerprint density at radius 1 is 1.43 bits per heavy atom. The van der Waals surface area contributed by atoms with Crippen molar-refractivity contribution < 1.29 is 9.53 Å². The molecule has 2 N–H and O–H groups in total. The lowest BCUT2D eigenvalue weighted by molar-refractivity contribution is -0.122. The van der Waals surface area contributed by atoms with Crippen molar-refractivity contribution in [3.63, 3.8) is 0 Å². The smallest absolute Gasteiger partial charge is 0.236 e. The predicted octanol–water partition coefficient (Wildman–Crippen LogP) is 0.280. The van der Waals surface area contributed by atoms with Crippen LogP contribution in [0.2, 0.25) is 0 Å². The van der Waals surface area contributed by atoms with Gasteiger partial charge in [0.05, 0.1) is 6.04 Å². The second kappa shape index (κ2) is 5.98.